The van der Waals surface area contributed by atoms with Crippen molar-refractivity contribution in [2.24, 2.45) is 0 Å². The monoisotopic (exact) mass is 450 g/mol. The molecule has 2 aliphatic heterocycles. The summed E-state index contributed by atoms with van der Waals surface area (Å²) in [6, 6.07) is 12.4. The summed E-state index contributed by atoms with van der Waals surface area (Å²) >= 11 is 1.72. The Balaban J connectivity index is 1.43. The molecule has 0 radical (unpaired) electrons. The molecule has 0 amide bonds. The maximum atomic E-state index is 13.9. The van der Waals surface area contributed by atoms with Gasteiger partial charge < -0.3 is 20.3 Å². The number of anilines is 1. The van der Waals surface area contributed by atoms with Gasteiger partial charge in [-0.05, 0) is 49.6 Å². The number of benzene rings is 1. The maximum absolute atomic E-state index is 13.9. The minimum Gasteiger partial charge on any atom is -0.497 e. The highest BCUT2D eigenvalue weighted by molar-refractivity contribution is 7.16. The van der Waals surface area contributed by atoms with Crippen LogP contribution in [0.1, 0.15) is 22.4 Å². The molecule has 3 aromatic rings. The number of pyridine rings is 1. The Labute approximate surface area is 191 Å². The number of thiophene rings is 1. The Hall–Kier alpha value is -2.90. The zero-order valence-electron chi connectivity index (χ0n) is 18.3. The summed E-state index contributed by atoms with van der Waals surface area (Å²) in [4.78, 5) is 8.19. The lowest BCUT2D eigenvalue weighted by molar-refractivity contribution is 0.268. The van der Waals surface area contributed by atoms with Crippen LogP contribution in [0.2, 0.25) is 0 Å². The van der Waals surface area contributed by atoms with E-state index in [1.165, 1.54) is 16.6 Å². The molecule has 32 heavy (non-hydrogen) atoms. The number of nitrogens with zero attached hydrogens (tertiary/aromatic N) is 2. The topological polar surface area (TPSA) is 49.4 Å². The van der Waals surface area contributed by atoms with Crippen molar-refractivity contribution in [3.63, 3.8) is 0 Å². The summed E-state index contributed by atoms with van der Waals surface area (Å²) < 4.78 is 19.2. The lowest BCUT2D eigenvalue weighted by Crippen LogP contribution is -2.51. The van der Waals surface area contributed by atoms with Crippen LogP contribution >= 0.6 is 11.3 Å². The van der Waals surface area contributed by atoms with Crippen LogP contribution in [0.15, 0.2) is 42.6 Å². The molecular weight excluding hydrogens is 423 g/mol. The van der Waals surface area contributed by atoms with Gasteiger partial charge in [-0.1, -0.05) is 12.1 Å². The normalized spacial score (nSPS) is 17.7. The molecule has 1 aromatic carbocycles. The third-order valence-electron chi connectivity index (χ3n) is 6.09. The van der Waals surface area contributed by atoms with Gasteiger partial charge in [0.25, 0.3) is 0 Å². The minimum atomic E-state index is -0.319. The molecule has 4 heterocycles. The fourth-order valence-electron chi connectivity index (χ4n) is 4.51. The van der Waals surface area contributed by atoms with Gasteiger partial charge in [-0.2, -0.15) is 0 Å². The zero-order chi connectivity index (χ0) is 22.1. The van der Waals surface area contributed by atoms with Gasteiger partial charge in [-0.15, -0.1) is 11.3 Å². The molecule has 0 saturated carbocycles. The Morgan fingerprint density at radius 2 is 2.09 bits per heavy atom. The van der Waals surface area contributed by atoms with E-state index in [4.69, 9.17) is 4.74 Å². The first-order valence-electron chi connectivity index (χ1n) is 11.0. The quantitative estimate of drug-likeness (QED) is 0.626. The smallest absolute Gasteiger partial charge is 0.142 e. The second kappa shape index (κ2) is 8.92. The molecule has 1 fully saturated rings. The summed E-state index contributed by atoms with van der Waals surface area (Å²) in [5, 5.41) is 9.77. The van der Waals surface area contributed by atoms with Crippen LogP contribution < -0.4 is 25.9 Å². The number of rotatable bonds is 5. The summed E-state index contributed by atoms with van der Waals surface area (Å²) in [7, 11) is 1.69. The van der Waals surface area contributed by atoms with E-state index in [1.807, 2.05) is 18.3 Å². The van der Waals surface area contributed by atoms with Crippen molar-refractivity contribution in [1.29, 1.82) is 0 Å². The first kappa shape index (κ1) is 21.0. The molecule has 5 nitrogen and oxygen atoms in total. The van der Waals surface area contributed by atoms with Gasteiger partial charge in [-0.3, -0.25) is 4.98 Å². The van der Waals surface area contributed by atoms with E-state index in [-0.39, 0.29) is 5.82 Å². The molecule has 1 atom stereocenters. The predicted molar refractivity (Wildman–Crippen MR) is 128 cm³/mol. The van der Waals surface area contributed by atoms with E-state index in [0.717, 1.165) is 65.1 Å². The molecule has 2 N–H and O–H groups in total. The molecule has 0 bridgehead atoms. The highest BCUT2D eigenvalue weighted by Crippen LogP contribution is 2.34. The summed E-state index contributed by atoms with van der Waals surface area (Å²) in [5.41, 5.74) is 3.55. The highest BCUT2D eigenvalue weighted by Gasteiger charge is 2.26. The van der Waals surface area contributed by atoms with E-state index in [9.17, 15) is 4.39 Å². The Morgan fingerprint density at radius 3 is 2.91 bits per heavy atom. The average molecular weight is 451 g/mol. The summed E-state index contributed by atoms with van der Waals surface area (Å²) in [6.07, 6.45) is 5.24. The molecule has 7 heteroatoms. The SMILES string of the molecule is COc1ccc(CCC2CN(C3=c4ncc(F)cc4=CNc4sc(C)cc43)CCN2)cc1. The number of ether oxygens (including phenoxy) is 1. The number of halogens is 1. The number of hydrogen-bond acceptors (Lipinski definition) is 6. The fraction of sp³-hybridized carbons (Fsp3) is 0.320. The number of aryl methyl sites for hydroxylation is 2. The van der Waals surface area contributed by atoms with E-state index in [2.05, 4.69) is 45.6 Å². The van der Waals surface area contributed by atoms with Gasteiger partial charge in [0.15, 0.2) is 0 Å². The fourth-order valence-corrected chi connectivity index (χ4v) is 5.39. The first-order valence-corrected chi connectivity index (χ1v) is 11.8. The number of piperazine rings is 1. The number of aromatic nitrogens is 1. The van der Waals surface area contributed by atoms with Crippen molar-refractivity contribution in [3.05, 3.63) is 75.0 Å². The van der Waals surface area contributed by atoms with E-state index in [0.29, 0.717) is 6.04 Å². The Morgan fingerprint density at radius 1 is 1.25 bits per heavy atom. The Bertz CT molecular complexity index is 1240. The molecule has 0 aliphatic carbocycles. The van der Waals surface area contributed by atoms with E-state index in [1.54, 1.807) is 24.5 Å². The van der Waals surface area contributed by atoms with Crippen LogP contribution in [0.4, 0.5) is 9.39 Å². The van der Waals surface area contributed by atoms with E-state index < -0.39 is 0 Å². The second-order valence-electron chi connectivity index (χ2n) is 8.31. The van der Waals surface area contributed by atoms with Gasteiger partial charge in [0.2, 0.25) is 0 Å². The van der Waals surface area contributed by atoms with Gasteiger partial charge in [0.05, 0.1) is 24.4 Å². The number of hydrogen-bond donors (Lipinski definition) is 2. The van der Waals surface area contributed by atoms with Crippen LogP contribution in [-0.2, 0) is 6.42 Å². The molecule has 0 spiro atoms. The predicted octanol–water partition coefficient (Wildman–Crippen LogP) is 2.83. The molecule has 1 unspecified atom stereocenters. The third-order valence-corrected chi connectivity index (χ3v) is 7.07. The van der Waals surface area contributed by atoms with Crippen LogP contribution in [0.5, 0.6) is 5.75 Å². The van der Waals surface area contributed by atoms with Crippen molar-refractivity contribution in [2.45, 2.75) is 25.8 Å². The first-order chi connectivity index (χ1) is 15.6. The third kappa shape index (κ3) is 4.23. The zero-order valence-corrected chi connectivity index (χ0v) is 19.1. The Kier molecular flexibility index (Phi) is 5.85. The molecular formula is C25H27FN4OS. The van der Waals surface area contributed by atoms with Crippen molar-refractivity contribution < 1.29 is 9.13 Å². The summed E-state index contributed by atoms with van der Waals surface area (Å²) in [5.74, 6) is 0.565. The molecule has 2 aromatic heterocycles. The van der Waals surface area contributed by atoms with Crippen molar-refractivity contribution >= 4 is 28.2 Å². The molecule has 1 saturated heterocycles. The maximum Gasteiger partial charge on any atom is 0.142 e. The lowest BCUT2D eigenvalue weighted by Gasteiger charge is -2.36. The molecule has 166 valence electrons. The number of fused-ring (bicyclic) bond motifs is 2. The standard InChI is InChI=1S/C25H27FN4OS/c1-16-11-22-24(23-18(12-19(26)14-28-23)13-29-25(22)32-16)30-10-9-27-20(15-30)6-3-17-4-7-21(31-2)8-5-17/h4-5,7-8,11-14,20,27,29H,3,6,9-10,15H2,1-2H3. The average Bonchev–Trinajstić information content (AvgIpc) is 3.11. The van der Waals surface area contributed by atoms with E-state index >= 15 is 0 Å². The van der Waals surface area contributed by atoms with Crippen molar-refractivity contribution in [1.82, 2.24) is 15.2 Å². The lowest BCUT2D eigenvalue weighted by atomic mass is 10.0. The largest absolute Gasteiger partial charge is 0.497 e. The van der Waals surface area contributed by atoms with Crippen molar-refractivity contribution in [2.75, 3.05) is 32.1 Å². The van der Waals surface area contributed by atoms with Gasteiger partial charge in [0.1, 0.15) is 16.6 Å². The number of nitrogens with one attached hydrogen (secondary N) is 2. The molecule has 2 aliphatic rings. The number of methoxy groups -OCH3 is 1. The van der Waals surface area contributed by atoms with Crippen molar-refractivity contribution in [3.8, 4) is 5.75 Å². The summed E-state index contributed by atoms with van der Waals surface area (Å²) in [6.45, 7) is 4.80. The van der Waals surface area contributed by atoms with Crippen LogP contribution in [0.25, 0.3) is 11.9 Å². The molecule has 5 rings (SSSR count). The minimum absolute atomic E-state index is 0.319. The van der Waals surface area contributed by atoms with Crippen LogP contribution in [-0.4, -0.2) is 42.7 Å². The van der Waals surface area contributed by atoms with Gasteiger partial charge in [-0.25, -0.2) is 4.39 Å². The second-order valence-corrected chi connectivity index (χ2v) is 9.57. The van der Waals surface area contributed by atoms with Gasteiger partial charge >= 0.3 is 0 Å². The van der Waals surface area contributed by atoms with Crippen LogP contribution in [0, 0.1) is 12.7 Å². The van der Waals surface area contributed by atoms with Crippen LogP contribution in [0.3, 0.4) is 0 Å². The van der Waals surface area contributed by atoms with Gasteiger partial charge in [0, 0.05) is 47.5 Å². The highest BCUT2D eigenvalue weighted by atomic mass is 32.1.